The average molecular weight is 224 g/mol. The second kappa shape index (κ2) is 4.93. The Bertz CT molecular complexity index is 338. The highest BCUT2D eigenvalue weighted by molar-refractivity contribution is 4.97. The fourth-order valence-electron chi connectivity index (χ4n) is 2.01. The largest absolute Gasteiger partial charge is 0.377 e. The maximum absolute atomic E-state index is 5.52. The van der Waals surface area contributed by atoms with Gasteiger partial charge in [-0.15, -0.1) is 0 Å². The van der Waals surface area contributed by atoms with Gasteiger partial charge in [0, 0.05) is 19.1 Å². The molecule has 0 spiro atoms. The van der Waals surface area contributed by atoms with Crippen molar-refractivity contribution in [1.29, 1.82) is 0 Å². The van der Waals surface area contributed by atoms with E-state index in [4.69, 9.17) is 4.74 Å². The van der Waals surface area contributed by atoms with Crippen molar-refractivity contribution in [2.75, 3.05) is 6.61 Å². The highest BCUT2D eigenvalue weighted by Gasteiger charge is 2.26. The van der Waals surface area contributed by atoms with Gasteiger partial charge in [-0.05, 0) is 20.3 Å². The summed E-state index contributed by atoms with van der Waals surface area (Å²) < 4.78 is 5.52. The lowest BCUT2D eigenvalue weighted by Gasteiger charge is -2.19. The highest BCUT2D eigenvalue weighted by Crippen LogP contribution is 2.17. The molecular weight excluding hydrogens is 204 g/mol. The van der Waals surface area contributed by atoms with Crippen molar-refractivity contribution in [3.8, 4) is 0 Å². The number of hydrogen-bond acceptors (Lipinski definition) is 4. The zero-order valence-electron chi connectivity index (χ0n) is 10.2. The molecule has 1 aliphatic heterocycles. The van der Waals surface area contributed by atoms with Crippen LogP contribution in [0.15, 0.2) is 0 Å². The van der Waals surface area contributed by atoms with Gasteiger partial charge < -0.3 is 10.1 Å². The van der Waals surface area contributed by atoms with Gasteiger partial charge in [-0.25, -0.2) is 4.98 Å². The van der Waals surface area contributed by atoms with Crippen molar-refractivity contribution in [3.63, 3.8) is 0 Å². The maximum atomic E-state index is 5.52. The van der Waals surface area contributed by atoms with Crippen LogP contribution in [0.2, 0.25) is 0 Å². The third kappa shape index (κ3) is 2.41. The maximum Gasteiger partial charge on any atom is 0.167 e. The number of aromatic amines is 1. The molecule has 1 aromatic rings. The monoisotopic (exact) mass is 224 g/mol. The van der Waals surface area contributed by atoms with Crippen LogP contribution in [0.4, 0.5) is 0 Å². The Labute approximate surface area is 96.0 Å². The molecule has 1 fully saturated rings. The van der Waals surface area contributed by atoms with Crippen LogP contribution < -0.4 is 5.32 Å². The van der Waals surface area contributed by atoms with Crippen molar-refractivity contribution in [2.24, 2.45) is 0 Å². The first kappa shape index (κ1) is 11.5. The molecule has 0 aromatic carbocycles. The van der Waals surface area contributed by atoms with Crippen molar-refractivity contribution < 1.29 is 4.74 Å². The number of hydrogen-bond donors (Lipinski definition) is 2. The van der Waals surface area contributed by atoms with E-state index >= 15 is 0 Å². The Morgan fingerprint density at radius 3 is 3.00 bits per heavy atom. The van der Waals surface area contributed by atoms with Crippen molar-refractivity contribution in [3.05, 3.63) is 11.6 Å². The summed E-state index contributed by atoms with van der Waals surface area (Å²) in [7, 11) is 0. The summed E-state index contributed by atoms with van der Waals surface area (Å²) >= 11 is 0. The fourth-order valence-corrected chi connectivity index (χ4v) is 2.01. The SMILES string of the molecule is CCc1nc(C(C)NC2CCOC2C)n[nH]1. The summed E-state index contributed by atoms with van der Waals surface area (Å²) in [4.78, 5) is 4.43. The molecule has 0 aliphatic carbocycles. The molecule has 2 N–H and O–H groups in total. The number of aromatic nitrogens is 3. The standard InChI is InChI=1S/C11H20N4O/c1-4-10-13-11(15-14-10)7(2)12-9-5-6-16-8(9)3/h7-9,12H,4-6H2,1-3H3,(H,13,14,15). The van der Waals surface area contributed by atoms with Gasteiger partial charge >= 0.3 is 0 Å². The Morgan fingerprint density at radius 2 is 2.44 bits per heavy atom. The lowest BCUT2D eigenvalue weighted by atomic mass is 10.1. The molecule has 0 saturated carbocycles. The van der Waals surface area contributed by atoms with Crippen molar-refractivity contribution in [2.45, 2.75) is 51.8 Å². The number of nitrogens with one attached hydrogen (secondary N) is 2. The van der Waals surface area contributed by atoms with Crippen LogP contribution in [0.3, 0.4) is 0 Å². The van der Waals surface area contributed by atoms with Crippen LogP contribution in [0.1, 0.15) is 44.9 Å². The van der Waals surface area contributed by atoms with Gasteiger partial charge in [-0.2, -0.15) is 5.10 Å². The summed E-state index contributed by atoms with van der Waals surface area (Å²) in [6.07, 6.45) is 2.24. The topological polar surface area (TPSA) is 62.8 Å². The van der Waals surface area contributed by atoms with Crippen LogP contribution in [0.5, 0.6) is 0 Å². The lowest BCUT2D eigenvalue weighted by molar-refractivity contribution is 0.111. The molecule has 3 atom stereocenters. The molecule has 1 aromatic heterocycles. The van der Waals surface area contributed by atoms with Gasteiger partial charge in [-0.3, -0.25) is 5.10 Å². The van der Waals surface area contributed by atoms with E-state index in [-0.39, 0.29) is 12.1 Å². The Kier molecular flexibility index (Phi) is 3.56. The van der Waals surface area contributed by atoms with Crippen LogP contribution >= 0.6 is 0 Å². The number of aryl methyl sites for hydroxylation is 1. The Morgan fingerprint density at radius 1 is 1.62 bits per heavy atom. The Balaban J connectivity index is 1.94. The van der Waals surface area contributed by atoms with E-state index in [9.17, 15) is 0 Å². The molecule has 16 heavy (non-hydrogen) atoms. The first-order valence-electron chi connectivity index (χ1n) is 5.99. The minimum Gasteiger partial charge on any atom is -0.377 e. The van der Waals surface area contributed by atoms with Crippen LogP contribution in [0.25, 0.3) is 0 Å². The summed E-state index contributed by atoms with van der Waals surface area (Å²) in [5.74, 6) is 1.79. The van der Waals surface area contributed by atoms with E-state index in [1.165, 1.54) is 0 Å². The number of nitrogens with zero attached hydrogens (tertiary/aromatic N) is 2. The first-order chi connectivity index (χ1) is 7.70. The minimum absolute atomic E-state index is 0.172. The predicted octanol–water partition coefficient (Wildman–Crippen LogP) is 1.20. The van der Waals surface area contributed by atoms with Crippen molar-refractivity contribution in [1.82, 2.24) is 20.5 Å². The molecular formula is C11H20N4O. The smallest absolute Gasteiger partial charge is 0.167 e. The second-order valence-electron chi connectivity index (χ2n) is 4.35. The number of H-pyrrole nitrogens is 1. The van der Waals surface area contributed by atoms with E-state index in [0.717, 1.165) is 31.1 Å². The van der Waals surface area contributed by atoms with Crippen LogP contribution in [0, 0.1) is 0 Å². The molecule has 0 amide bonds. The third-order valence-corrected chi connectivity index (χ3v) is 3.11. The predicted molar refractivity (Wildman–Crippen MR) is 61.1 cm³/mol. The second-order valence-corrected chi connectivity index (χ2v) is 4.35. The molecule has 5 heteroatoms. The molecule has 90 valence electrons. The molecule has 2 heterocycles. The van der Waals surface area contributed by atoms with Crippen LogP contribution in [-0.2, 0) is 11.2 Å². The summed E-state index contributed by atoms with van der Waals surface area (Å²) in [6.45, 7) is 7.11. The van der Waals surface area contributed by atoms with Gasteiger partial charge in [0.25, 0.3) is 0 Å². The number of ether oxygens (including phenoxy) is 1. The zero-order valence-corrected chi connectivity index (χ0v) is 10.2. The number of rotatable bonds is 4. The molecule has 1 saturated heterocycles. The molecule has 2 rings (SSSR count). The molecule has 0 radical (unpaired) electrons. The van der Waals surface area contributed by atoms with Gasteiger partial charge in [0.15, 0.2) is 5.82 Å². The minimum atomic E-state index is 0.172. The van der Waals surface area contributed by atoms with E-state index < -0.39 is 0 Å². The molecule has 0 bridgehead atoms. The van der Waals surface area contributed by atoms with E-state index in [1.54, 1.807) is 0 Å². The van der Waals surface area contributed by atoms with E-state index in [0.29, 0.717) is 6.04 Å². The molecule has 3 unspecified atom stereocenters. The lowest BCUT2D eigenvalue weighted by Crippen LogP contribution is -2.36. The summed E-state index contributed by atoms with van der Waals surface area (Å²) in [5.41, 5.74) is 0. The van der Waals surface area contributed by atoms with Crippen LogP contribution in [-0.4, -0.2) is 33.9 Å². The van der Waals surface area contributed by atoms with Gasteiger partial charge in [-0.1, -0.05) is 6.92 Å². The zero-order chi connectivity index (χ0) is 11.5. The Hall–Kier alpha value is -0.940. The fraction of sp³-hybridized carbons (Fsp3) is 0.818. The summed E-state index contributed by atoms with van der Waals surface area (Å²) in [5, 5.41) is 10.7. The van der Waals surface area contributed by atoms with E-state index in [2.05, 4.69) is 41.3 Å². The molecule has 1 aliphatic rings. The third-order valence-electron chi connectivity index (χ3n) is 3.11. The van der Waals surface area contributed by atoms with Gasteiger partial charge in [0.1, 0.15) is 5.82 Å². The average Bonchev–Trinajstić information content (AvgIpc) is 2.88. The normalized spacial score (nSPS) is 27.2. The quantitative estimate of drug-likeness (QED) is 0.806. The molecule has 5 nitrogen and oxygen atoms in total. The highest BCUT2D eigenvalue weighted by atomic mass is 16.5. The van der Waals surface area contributed by atoms with Gasteiger partial charge in [0.05, 0.1) is 12.1 Å². The van der Waals surface area contributed by atoms with E-state index in [1.807, 2.05) is 0 Å². The summed E-state index contributed by atoms with van der Waals surface area (Å²) in [6, 6.07) is 0.587. The van der Waals surface area contributed by atoms with Crippen molar-refractivity contribution >= 4 is 0 Å². The first-order valence-corrected chi connectivity index (χ1v) is 5.99. The van der Waals surface area contributed by atoms with Gasteiger partial charge in [0.2, 0.25) is 0 Å².